The van der Waals surface area contributed by atoms with Crippen LogP contribution in [-0.2, 0) is 0 Å². The third-order valence-electron chi connectivity index (χ3n) is 3.68. The molecule has 2 aromatic heterocycles. The molecular weight excluding hydrogens is 270 g/mol. The third kappa shape index (κ3) is 2.72. The standard InChI is InChI=1S/C15H17N3OS/c1-11-8-15(17-10-16-11)18-6-2-4-12(18)9-13(19)14-5-3-7-20-14/h3,5,7-8,10,12H,2,4,6,9H2,1H3/t12-/m1/s1. The molecule has 0 radical (unpaired) electrons. The summed E-state index contributed by atoms with van der Waals surface area (Å²) in [6.45, 7) is 2.94. The van der Waals surface area contributed by atoms with E-state index in [4.69, 9.17) is 0 Å². The Hall–Kier alpha value is -1.75. The average molecular weight is 287 g/mol. The van der Waals surface area contributed by atoms with Crippen LogP contribution >= 0.6 is 11.3 Å². The quantitative estimate of drug-likeness (QED) is 0.811. The van der Waals surface area contributed by atoms with Gasteiger partial charge < -0.3 is 4.90 Å². The summed E-state index contributed by atoms with van der Waals surface area (Å²) in [7, 11) is 0. The van der Waals surface area contributed by atoms with Gasteiger partial charge in [0.05, 0.1) is 4.88 Å². The molecule has 2 aromatic rings. The highest BCUT2D eigenvalue weighted by Crippen LogP contribution is 2.27. The first-order valence-corrected chi connectivity index (χ1v) is 7.74. The van der Waals surface area contributed by atoms with E-state index in [-0.39, 0.29) is 11.8 Å². The molecule has 0 amide bonds. The van der Waals surface area contributed by atoms with Crippen molar-refractivity contribution < 1.29 is 4.79 Å². The molecule has 0 saturated carbocycles. The van der Waals surface area contributed by atoms with E-state index in [2.05, 4.69) is 14.9 Å². The van der Waals surface area contributed by atoms with Gasteiger partial charge in [-0.3, -0.25) is 4.79 Å². The molecule has 1 fully saturated rings. The van der Waals surface area contributed by atoms with Crippen LogP contribution in [0.4, 0.5) is 5.82 Å². The molecule has 3 heterocycles. The molecule has 0 aliphatic carbocycles. The van der Waals surface area contributed by atoms with Crippen molar-refractivity contribution in [2.45, 2.75) is 32.2 Å². The number of carbonyl (C=O) groups excluding carboxylic acids is 1. The zero-order valence-corrected chi connectivity index (χ0v) is 12.3. The summed E-state index contributed by atoms with van der Waals surface area (Å²) < 4.78 is 0. The van der Waals surface area contributed by atoms with Gasteiger partial charge >= 0.3 is 0 Å². The van der Waals surface area contributed by atoms with Gasteiger partial charge in [-0.2, -0.15) is 0 Å². The third-order valence-corrected chi connectivity index (χ3v) is 4.59. The smallest absolute Gasteiger partial charge is 0.174 e. The summed E-state index contributed by atoms with van der Waals surface area (Å²) in [5.41, 5.74) is 0.963. The minimum Gasteiger partial charge on any atom is -0.353 e. The number of carbonyl (C=O) groups is 1. The van der Waals surface area contributed by atoms with Crippen LogP contribution in [0.25, 0.3) is 0 Å². The van der Waals surface area contributed by atoms with Crippen LogP contribution in [0.3, 0.4) is 0 Å². The van der Waals surface area contributed by atoms with Gasteiger partial charge in [0, 0.05) is 30.8 Å². The Morgan fingerprint density at radius 3 is 3.15 bits per heavy atom. The number of hydrogen-bond donors (Lipinski definition) is 0. The number of nitrogens with zero attached hydrogens (tertiary/aromatic N) is 3. The Morgan fingerprint density at radius 1 is 1.50 bits per heavy atom. The number of Topliss-reactive ketones (excluding diaryl/α,β-unsaturated/α-hetero) is 1. The lowest BCUT2D eigenvalue weighted by Gasteiger charge is -2.25. The molecule has 3 rings (SSSR count). The first kappa shape index (κ1) is 13.2. The minimum atomic E-state index is 0.239. The lowest BCUT2D eigenvalue weighted by molar-refractivity contribution is 0.0978. The average Bonchev–Trinajstić information content (AvgIpc) is 3.09. The van der Waals surface area contributed by atoms with Crippen LogP contribution in [0.1, 0.15) is 34.6 Å². The van der Waals surface area contributed by atoms with E-state index in [9.17, 15) is 4.79 Å². The summed E-state index contributed by atoms with van der Waals surface area (Å²) >= 11 is 1.52. The second kappa shape index (κ2) is 5.71. The Morgan fingerprint density at radius 2 is 2.40 bits per heavy atom. The molecule has 5 heteroatoms. The molecule has 0 N–H and O–H groups in total. The Bertz CT molecular complexity index is 597. The molecule has 4 nitrogen and oxygen atoms in total. The molecule has 0 aromatic carbocycles. The monoisotopic (exact) mass is 287 g/mol. The fraction of sp³-hybridized carbons (Fsp3) is 0.400. The molecule has 0 spiro atoms. The number of hydrogen-bond acceptors (Lipinski definition) is 5. The first-order chi connectivity index (χ1) is 9.74. The first-order valence-electron chi connectivity index (χ1n) is 6.86. The Balaban J connectivity index is 1.74. The fourth-order valence-corrected chi connectivity index (χ4v) is 3.37. The lowest BCUT2D eigenvalue weighted by atomic mass is 10.1. The Kier molecular flexibility index (Phi) is 3.78. The molecule has 0 unspecified atom stereocenters. The van der Waals surface area contributed by atoms with Crippen LogP contribution < -0.4 is 4.90 Å². The van der Waals surface area contributed by atoms with E-state index in [0.29, 0.717) is 6.42 Å². The predicted octanol–water partition coefficient (Wildman–Crippen LogP) is 3.09. The molecule has 0 bridgehead atoms. The van der Waals surface area contributed by atoms with E-state index in [1.54, 1.807) is 6.33 Å². The van der Waals surface area contributed by atoms with Crippen molar-refractivity contribution in [3.05, 3.63) is 40.5 Å². The van der Waals surface area contributed by atoms with Crippen molar-refractivity contribution in [2.24, 2.45) is 0 Å². The van der Waals surface area contributed by atoms with Crippen molar-refractivity contribution in [1.29, 1.82) is 0 Å². The summed E-state index contributed by atoms with van der Waals surface area (Å²) in [6.07, 6.45) is 4.34. The SMILES string of the molecule is Cc1cc(N2CCC[C@@H]2CC(=O)c2cccs2)ncn1. The predicted molar refractivity (Wildman–Crippen MR) is 80.4 cm³/mol. The normalized spacial score (nSPS) is 18.4. The molecule has 20 heavy (non-hydrogen) atoms. The van der Waals surface area contributed by atoms with Gasteiger partial charge in [0.2, 0.25) is 0 Å². The van der Waals surface area contributed by atoms with Crippen molar-refractivity contribution in [3.8, 4) is 0 Å². The van der Waals surface area contributed by atoms with Gasteiger partial charge in [-0.15, -0.1) is 11.3 Å². The Labute approximate surface area is 122 Å². The maximum atomic E-state index is 12.3. The number of ketones is 1. The van der Waals surface area contributed by atoms with Gasteiger partial charge in [0.15, 0.2) is 5.78 Å². The maximum absolute atomic E-state index is 12.3. The molecular formula is C15H17N3OS. The molecule has 1 saturated heterocycles. The minimum absolute atomic E-state index is 0.239. The summed E-state index contributed by atoms with van der Waals surface area (Å²) in [5.74, 6) is 1.18. The maximum Gasteiger partial charge on any atom is 0.174 e. The zero-order valence-electron chi connectivity index (χ0n) is 11.5. The largest absolute Gasteiger partial charge is 0.353 e. The summed E-state index contributed by atoms with van der Waals surface area (Å²) in [5, 5.41) is 1.95. The highest BCUT2D eigenvalue weighted by atomic mass is 32.1. The van der Waals surface area contributed by atoms with Crippen LogP contribution in [0, 0.1) is 6.92 Å². The van der Waals surface area contributed by atoms with Crippen molar-refractivity contribution in [3.63, 3.8) is 0 Å². The van der Waals surface area contributed by atoms with E-state index in [1.807, 2.05) is 30.5 Å². The highest BCUT2D eigenvalue weighted by Gasteiger charge is 2.28. The van der Waals surface area contributed by atoms with Gasteiger partial charge in [0.1, 0.15) is 12.1 Å². The van der Waals surface area contributed by atoms with Crippen molar-refractivity contribution >= 4 is 22.9 Å². The van der Waals surface area contributed by atoms with Crippen LogP contribution in [0.2, 0.25) is 0 Å². The second-order valence-electron chi connectivity index (χ2n) is 5.11. The topological polar surface area (TPSA) is 46.1 Å². The number of anilines is 1. The summed E-state index contributed by atoms with van der Waals surface area (Å²) in [6, 6.07) is 6.09. The highest BCUT2D eigenvalue weighted by molar-refractivity contribution is 7.12. The van der Waals surface area contributed by atoms with E-state index in [0.717, 1.165) is 35.8 Å². The van der Waals surface area contributed by atoms with Gasteiger partial charge in [0.25, 0.3) is 0 Å². The van der Waals surface area contributed by atoms with Gasteiger partial charge in [-0.25, -0.2) is 9.97 Å². The molecule has 104 valence electrons. The number of aryl methyl sites for hydroxylation is 1. The lowest BCUT2D eigenvalue weighted by Crippen LogP contribution is -2.31. The number of thiophene rings is 1. The fourth-order valence-electron chi connectivity index (χ4n) is 2.70. The van der Waals surface area contributed by atoms with Crippen LogP contribution in [0.15, 0.2) is 29.9 Å². The van der Waals surface area contributed by atoms with Crippen LogP contribution in [0.5, 0.6) is 0 Å². The molecule has 1 aliphatic rings. The van der Waals surface area contributed by atoms with E-state index >= 15 is 0 Å². The van der Waals surface area contributed by atoms with Crippen LogP contribution in [-0.4, -0.2) is 28.3 Å². The van der Waals surface area contributed by atoms with Crippen molar-refractivity contribution in [1.82, 2.24) is 9.97 Å². The number of aromatic nitrogens is 2. The summed E-state index contributed by atoms with van der Waals surface area (Å²) in [4.78, 5) is 23.8. The van der Waals surface area contributed by atoms with Crippen molar-refractivity contribution in [2.75, 3.05) is 11.4 Å². The number of rotatable bonds is 4. The van der Waals surface area contributed by atoms with E-state index < -0.39 is 0 Å². The van der Waals surface area contributed by atoms with Gasteiger partial charge in [-0.05, 0) is 31.2 Å². The second-order valence-corrected chi connectivity index (χ2v) is 6.06. The molecule has 1 atom stereocenters. The van der Waals surface area contributed by atoms with Gasteiger partial charge in [-0.1, -0.05) is 6.07 Å². The molecule has 1 aliphatic heterocycles. The zero-order chi connectivity index (χ0) is 13.9. The van der Waals surface area contributed by atoms with E-state index in [1.165, 1.54) is 11.3 Å².